The Balaban J connectivity index is 1.61. The number of thioether (sulfide) groups is 1. The Hall–Kier alpha value is -1.09. The zero-order chi connectivity index (χ0) is 17.2. The number of sulfone groups is 1. The molecule has 1 fully saturated rings. The summed E-state index contributed by atoms with van der Waals surface area (Å²) in [6.45, 7) is 3.35. The van der Waals surface area contributed by atoms with Crippen LogP contribution in [0.25, 0.3) is 0 Å². The van der Waals surface area contributed by atoms with Gasteiger partial charge in [-0.25, -0.2) is 8.42 Å². The zero-order valence-corrected chi connectivity index (χ0v) is 15.6. The van der Waals surface area contributed by atoms with Gasteiger partial charge in [-0.3, -0.25) is 4.79 Å². The number of carbonyl (C=O) groups is 1. The number of amides is 1. The van der Waals surface area contributed by atoms with Crippen LogP contribution in [0, 0.1) is 0 Å². The van der Waals surface area contributed by atoms with E-state index in [1.54, 1.807) is 4.90 Å². The Morgan fingerprint density at radius 2 is 2.17 bits per heavy atom. The van der Waals surface area contributed by atoms with E-state index >= 15 is 0 Å². The van der Waals surface area contributed by atoms with E-state index in [9.17, 15) is 13.2 Å². The van der Waals surface area contributed by atoms with Crippen molar-refractivity contribution in [2.24, 2.45) is 0 Å². The molecule has 0 unspecified atom stereocenters. The largest absolute Gasteiger partial charge is 0.338 e. The van der Waals surface area contributed by atoms with Gasteiger partial charge in [0.05, 0.1) is 17.3 Å². The van der Waals surface area contributed by atoms with Crippen LogP contribution in [-0.2, 0) is 27.6 Å². The highest BCUT2D eigenvalue weighted by atomic mass is 32.2. The second-order valence-corrected chi connectivity index (χ2v) is 9.56. The summed E-state index contributed by atoms with van der Waals surface area (Å²) < 4.78 is 25.4. The van der Waals surface area contributed by atoms with Crippen molar-refractivity contribution < 1.29 is 13.2 Å². The van der Waals surface area contributed by atoms with Crippen molar-refractivity contribution in [2.45, 2.75) is 56.8 Å². The van der Waals surface area contributed by atoms with E-state index in [2.05, 4.69) is 14.8 Å². The fraction of sp³-hybridized carbons (Fsp3) is 0.800. The standard InChI is InChI=1S/C15H24N4O3S2/c1-2-18(12-7-9-24(21,22)11-12)14(20)10-23-15-17-16-13-6-4-3-5-8-19(13)15/h12H,2-11H2,1H3/t12-/m0/s1. The van der Waals surface area contributed by atoms with E-state index in [4.69, 9.17) is 0 Å². The van der Waals surface area contributed by atoms with Gasteiger partial charge in [0.15, 0.2) is 15.0 Å². The highest BCUT2D eigenvalue weighted by Crippen LogP contribution is 2.23. The van der Waals surface area contributed by atoms with Gasteiger partial charge in [-0.05, 0) is 26.2 Å². The first-order chi connectivity index (χ1) is 11.5. The van der Waals surface area contributed by atoms with Gasteiger partial charge in [-0.2, -0.15) is 0 Å². The summed E-state index contributed by atoms with van der Waals surface area (Å²) in [5, 5.41) is 9.27. The number of rotatable bonds is 5. The number of hydrogen-bond donors (Lipinski definition) is 0. The first-order valence-corrected chi connectivity index (χ1v) is 11.4. The summed E-state index contributed by atoms with van der Waals surface area (Å²) >= 11 is 1.41. The van der Waals surface area contributed by atoms with E-state index in [0.717, 1.165) is 36.8 Å². The number of carbonyl (C=O) groups excluding carboxylic acids is 1. The molecule has 3 rings (SSSR count). The Bertz CT molecular complexity index is 702. The number of aromatic nitrogens is 3. The fourth-order valence-electron chi connectivity index (χ4n) is 3.43. The van der Waals surface area contributed by atoms with Crippen molar-refractivity contribution in [2.75, 3.05) is 23.8 Å². The molecular formula is C15H24N4O3S2. The molecule has 0 aliphatic carbocycles. The van der Waals surface area contributed by atoms with Crippen molar-refractivity contribution in [3.63, 3.8) is 0 Å². The number of aryl methyl sites for hydroxylation is 1. The van der Waals surface area contributed by atoms with E-state index in [0.29, 0.717) is 13.0 Å². The molecule has 0 bridgehead atoms. The summed E-state index contributed by atoms with van der Waals surface area (Å²) in [5.74, 6) is 1.55. The minimum absolute atomic E-state index is 0.0180. The van der Waals surface area contributed by atoms with Gasteiger partial charge in [-0.1, -0.05) is 18.2 Å². The number of fused-ring (bicyclic) bond motifs is 1. The van der Waals surface area contributed by atoms with E-state index in [1.807, 2.05) is 6.92 Å². The highest BCUT2D eigenvalue weighted by Gasteiger charge is 2.33. The molecule has 9 heteroatoms. The van der Waals surface area contributed by atoms with Crippen molar-refractivity contribution in [1.29, 1.82) is 0 Å². The maximum absolute atomic E-state index is 12.6. The molecule has 1 atom stereocenters. The second-order valence-electron chi connectivity index (χ2n) is 6.39. The minimum atomic E-state index is -2.99. The molecule has 0 spiro atoms. The SMILES string of the molecule is CCN(C(=O)CSc1nnc2n1CCCCC2)[C@H]1CCS(=O)(=O)C1. The fourth-order valence-corrected chi connectivity index (χ4v) is 6.03. The van der Waals surface area contributed by atoms with Gasteiger partial charge >= 0.3 is 0 Å². The molecule has 3 heterocycles. The lowest BCUT2D eigenvalue weighted by Crippen LogP contribution is -2.42. The summed E-state index contributed by atoms with van der Waals surface area (Å²) in [5.41, 5.74) is 0. The van der Waals surface area contributed by atoms with Crippen molar-refractivity contribution >= 4 is 27.5 Å². The van der Waals surface area contributed by atoms with Crippen LogP contribution in [0.5, 0.6) is 0 Å². The lowest BCUT2D eigenvalue weighted by Gasteiger charge is -2.26. The quantitative estimate of drug-likeness (QED) is 0.721. The van der Waals surface area contributed by atoms with Crippen molar-refractivity contribution in [1.82, 2.24) is 19.7 Å². The van der Waals surface area contributed by atoms with Crippen LogP contribution in [0.4, 0.5) is 0 Å². The third-order valence-electron chi connectivity index (χ3n) is 4.71. The number of hydrogen-bond acceptors (Lipinski definition) is 6. The molecule has 0 radical (unpaired) electrons. The van der Waals surface area contributed by atoms with Crippen molar-refractivity contribution in [3.8, 4) is 0 Å². The van der Waals surface area contributed by atoms with Crippen LogP contribution in [0.15, 0.2) is 5.16 Å². The molecule has 1 aromatic heterocycles. The van der Waals surface area contributed by atoms with Gasteiger partial charge in [0.2, 0.25) is 5.91 Å². The molecule has 134 valence electrons. The lowest BCUT2D eigenvalue weighted by molar-refractivity contribution is -0.129. The highest BCUT2D eigenvalue weighted by molar-refractivity contribution is 7.99. The molecule has 0 aromatic carbocycles. The molecule has 24 heavy (non-hydrogen) atoms. The topological polar surface area (TPSA) is 85.2 Å². The maximum atomic E-state index is 12.6. The van der Waals surface area contributed by atoms with Gasteiger partial charge in [0.25, 0.3) is 0 Å². The monoisotopic (exact) mass is 372 g/mol. The Morgan fingerprint density at radius 3 is 2.88 bits per heavy atom. The van der Waals surface area contributed by atoms with Crippen LogP contribution in [0.2, 0.25) is 0 Å². The van der Waals surface area contributed by atoms with Gasteiger partial charge < -0.3 is 9.47 Å². The van der Waals surface area contributed by atoms with Crippen LogP contribution in [-0.4, -0.2) is 63.8 Å². The van der Waals surface area contributed by atoms with Gasteiger partial charge in [-0.15, -0.1) is 10.2 Å². The molecule has 0 N–H and O–H groups in total. The minimum Gasteiger partial charge on any atom is -0.338 e. The van der Waals surface area contributed by atoms with Crippen LogP contribution >= 0.6 is 11.8 Å². The average molecular weight is 373 g/mol. The van der Waals surface area contributed by atoms with Crippen molar-refractivity contribution in [3.05, 3.63) is 5.82 Å². The van der Waals surface area contributed by atoms with E-state index in [1.165, 1.54) is 18.2 Å². The summed E-state index contributed by atoms with van der Waals surface area (Å²) in [4.78, 5) is 14.3. The molecule has 2 aliphatic rings. The third kappa shape index (κ3) is 3.93. The third-order valence-corrected chi connectivity index (χ3v) is 7.41. The molecular weight excluding hydrogens is 348 g/mol. The zero-order valence-electron chi connectivity index (χ0n) is 14.0. The van der Waals surface area contributed by atoms with Crippen LogP contribution < -0.4 is 0 Å². The Morgan fingerprint density at radius 1 is 1.33 bits per heavy atom. The maximum Gasteiger partial charge on any atom is 0.233 e. The van der Waals surface area contributed by atoms with Gasteiger partial charge in [0.1, 0.15) is 5.82 Å². The number of nitrogens with zero attached hydrogens (tertiary/aromatic N) is 4. The van der Waals surface area contributed by atoms with Gasteiger partial charge in [0, 0.05) is 25.6 Å². The van der Waals surface area contributed by atoms with E-state index in [-0.39, 0.29) is 29.2 Å². The average Bonchev–Trinajstić information content (AvgIpc) is 3.00. The molecule has 0 saturated carbocycles. The molecule has 1 saturated heterocycles. The predicted molar refractivity (Wildman–Crippen MR) is 92.7 cm³/mol. The first-order valence-electron chi connectivity index (χ1n) is 8.55. The normalized spacial score (nSPS) is 22.8. The molecule has 1 amide bonds. The Labute approximate surface area is 147 Å². The first kappa shape index (κ1) is 17.7. The van der Waals surface area contributed by atoms with Crippen LogP contribution in [0.3, 0.4) is 0 Å². The molecule has 1 aromatic rings. The summed E-state index contributed by atoms with van der Waals surface area (Å²) in [6.07, 6.45) is 4.96. The second kappa shape index (κ2) is 7.43. The summed E-state index contributed by atoms with van der Waals surface area (Å²) in [6, 6.07) is -0.177. The predicted octanol–water partition coefficient (Wildman–Crippen LogP) is 1.13. The molecule has 2 aliphatic heterocycles. The smallest absolute Gasteiger partial charge is 0.233 e. The van der Waals surface area contributed by atoms with Crippen LogP contribution in [0.1, 0.15) is 38.4 Å². The Kier molecular flexibility index (Phi) is 5.49. The molecule has 7 nitrogen and oxygen atoms in total. The summed E-state index contributed by atoms with van der Waals surface area (Å²) in [7, 11) is -2.99. The van der Waals surface area contributed by atoms with E-state index < -0.39 is 9.84 Å². The lowest BCUT2D eigenvalue weighted by atomic mass is 10.2.